The van der Waals surface area contributed by atoms with Gasteiger partial charge in [0.2, 0.25) is 0 Å². The van der Waals surface area contributed by atoms with Crippen LogP contribution in [0.3, 0.4) is 0 Å². The van der Waals surface area contributed by atoms with E-state index in [0.717, 1.165) is 11.3 Å². The van der Waals surface area contributed by atoms with Crippen LogP contribution >= 0.6 is 11.8 Å². The maximum absolute atomic E-state index is 12.8. The molecule has 1 N–H and O–H groups in total. The zero-order valence-electron chi connectivity index (χ0n) is 15.7. The summed E-state index contributed by atoms with van der Waals surface area (Å²) in [6.45, 7) is -2.45. The molecule has 0 aliphatic carbocycles. The summed E-state index contributed by atoms with van der Waals surface area (Å²) in [5, 5.41) is 3.25. The fourth-order valence-electron chi connectivity index (χ4n) is 3.19. The SMILES string of the molecule is O=C(Nc1ccc(OC(F)F)c(Cc2ccccc2)c1)c1cnc2n(c1=O)CCS2. The number of fused-ring (bicyclic) bond motifs is 1. The fraction of sp³-hybridized carbons (Fsp3) is 0.190. The maximum atomic E-state index is 12.8. The van der Waals surface area contributed by atoms with E-state index in [4.69, 9.17) is 0 Å². The molecule has 0 atom stereocenters. The fourth-order valence-corrected chi connectivity index (χ4v) is 4.11. The Morgan fingerprint density at radius 1 is 1.23 bits per heavy atom. The molecule has 2 heterocycles. The van der Waals surface area contributed by atoms with E-state index in [-0.39, 0.29) is 11.3 Å². The van der Waals surface area contributed by atoms with Crippen molar-refractivity contribution >= 4 is 23.4 Å². The Balaban J connectivity index is 1.60. The molecule has 0 saturated heterocycles. The van der Waals surface area contributed by atoms with E-state index in [2.05, 4.69) is 15.0 Å². The monoisotopic (exact) mass is 429 g/mol. The quantitative estimate of drug-likeness (QED) is 0.604. The summed E-state index contributed by atoms with van der Waals surface area (Å²) in [4.78, 5) is 29.3. The first-order valence-corrected chi connectivity index (χ1v) is 10.2. The molecule has 0 saturated carbocycles. The molecule has 1 aliphatic rings. The second-order valence-corrected chi connectivity index (χ2v) is 7.64. The number of ether oxygens (including phenoxy) is 1. The Labute approximate surface area is 174 Å². The number of aromatic nitrogens is 2. The van der Waals surface area contributed by atoms with E-state index in [1.165, 1.54) is 34.7 Å². The topological polar surface area (TPSA) is 73.2 Å². The summed E-state index contributed by atoms with van der Waals surface area (Å²) in [5.74, 6) is 0.165. The van der Waals surface area contributed by atoms with Crippen molar-refractivity contribution in [2.45, 2.75) is 24.7 Å². The van der Waals surface area contributed by atoms with E-state index in [9.17, 15) is 18.4 Å². The van der Waals surface area contributed by atoms with E-state index < -0.39 is 18.1 Å². The molecule has 1 aromatic heterocycles. The van der Waals surface area contributed by atoms with E-state index in [1.54, 1.807) is 6.07 Å². The van der Waals surface area contributed by atoms with Gasteiger partial charge in [0, 0.05) is 36.2 Å². The third kappa shape index (κ3) is 4.35. The summed E-state index contributed by atoms with van der Waals surface area (Å²) < 4.78 is 31.7. The third-order valence-corrected chi connectivity index (χ3v) is 5.54. The third-order valence-electron chi connectivity index (χ3n) is 4.57. The van der Waals surface area contributed by atoms with E-state index in [1.807, 2.05) is 30.3 Å². The summed E-state index contributed by atoms with van der Waals surface area (Å²) in [5.41, 5.74) is 1.29. The van der Waals surface area contributed by atoms with Gasteiger partial charge in [-0.05, 0) is 23.8 Å². The van der Waals surface area contributed by atoms with Gasteiger partial charge < -0.3 is 10.1 Å². The minimum Gasteiger partial charge on any atom is -0.435 e. The summed E-state index contributed by atoms with van der Waals surface area (Å²) >= 11 is 1.46. The lowest BCUT2D eigenvalue weighted by molar-refractivity contribution is -0.0503. The molecular formula is C21H17F2N3O3S. The average Bonchev–Trinajstić information content (AvgIpc) is 3.20. The number of amides is 1. The number of hydrogen-bond donors (Lipinski definition) is 1. The van der Waals surface area contributed by atoms with Crippen LogP contribution < -0.4 is 15.6 Å². The van der Waals surface area contributed by atoms with Crippen molar-refractivity contribution in [2.75, 3.05) is 11.1 Å². The number of carbonyl (C=O) groups excluding carboxylic acids is 1. The molecule has 1 amide bonds. The van der Waals surface area contributed by atoms with Crippen molar-refractivity contribution in [3.8, 4) is 5.75 Å². The molecule has 0 radical (unpaired) electrons. The number of rotatable bonds is 6. The molecule has 9 heteroatoms. The highest BCUT2D eigenvalue weighted by Crippen LogP contribution is 2.27. The zero-order chi connectivity index (χ0) is 21.1. The highest BCUT2D eigenvalue weighted by Gasteiger charge is 2.20. The number of thioether (sulfide) groups is 1. The molecular weight excluding hydrogens is 412 g/mol. The Bertz CT molecular complexity index is 1140. The van der Waals surface area contributed by atoms with Crippen LogP contribution in [0.15, 0.2) is 64.7 Å². The maximum Gasteiger partial charge on any atom is 0.387 e. The van der Waals surface area contributed by atoms with Crippen LogP contribution in [0.1, 0.15) is 21.5 Å². The molecule has 3 aromatic rings. The first-order chi connectivity index (χ1) is 14.5. The van der Waals surface area contributed by atoms with Gasteiger partial charge in [-0.3, -0.25) is 14.2 Å². The lowest BCUT2D eigenvalue weighted by Crippen LogP contribution is -2.29. The predicted octanol–water partition coefficient (Wildman–Crippen LogP) is 3.79. The number of halogens is 2. The molecule has 4 rings (SSSR count). The summed E-state index contributed by atoms with van der Waals surface area (Å²) in [7, 11) is 0. The number of nitrogens with zero attached hydrogens (tertiary/aromatic N) is 2. The van der Waals surface area contributed by atoms with Gasteiger partial charge in [-0.25, -0.2) is 4.98 Å². The smallest absolute Gasteiger partial charge is 0.387 e. The molecule has 2 aromatic carbocycles. The minimum absolute atomic E-state index is 0.0307. The molecule has 0 fully saturated rings. The number of anilines is 1. The standard InChI is InChI=1S/C21H17F2N3O3S/c22-20(23)29-17-7-6-15(11-14(17)10-13-4-2-1-3-5-13)25-18(27)16-12-24-21-26(19(16)28)8-9-30-21/h1-7,11-12,20H,8-10H2,(H,25,27). The number of hydrogen-bond acceptors (Lipinski definition) is 5. The predicted molar refractivity (Wildman–Crippen MR) is 109 cm³/mol. The van der Waals surface area contributed by atoms with Gasteiger partial charge in [0.05, 0.1) is 0 Å². The first-order valence-electron chi connectivity index (χ1n) is 9.17. The summed E-state index contributed by atoms with van der Waals surface area (Å²) in [6, 6.07) is 13.7. The van der Waals surface area contributed by atoms with Gasteiger partial charge in [-0.2, -0.15) is 8.78 Å². The number of nitrogens with one attached hydrogen (secondary N) is 1. The highest BCUT2D eigenvalue weighted by molar-refractivity contribution is 7.99. The molecule has 6 nitrogen and oxygen atoms in total. The number of alkyl halides is 2. The second-order valence-electron chi connectivity index (χ2n) is 6.58. The Morgan fingerprint density at radius 3 is 2.80 bits per heavy atom. The van der Waals surface area contributed by atoms with Crippen LogP contribution in [0.2, 0.25) is 0 Å². The molecule has 0 spiro atoms. The van der Waals surface area contributed by atoms with Crippen molar-refractivity contribution < 1.29 is 18.3 Å². The molecule has 0 bridgehead atoms. The van der Waals surface area contributed by atoms with Crippen molar-refractivity contribution in [3.05, 3.63) is 81.8 Å². The second kappa shape index (κ2) is 8.66. The van der Waals surface area contributed by atoms with E-state index in [0.29, 0.717) is 29.4 Å². The normalized spacial score (nSPS) is 12.6. The molecule has 30 heavy (non-hydrogen) atoms. The Kier molecular flexibility index (Phi) is 5.80. The van der Waals surface area contributed by atoms with Gasteiger partial charge in [0.25, 0.3) is 11.5 Å². The minimum atomic E-state index is -2.96. The van der Waals surface area contributed by atoms with Gasteiger partial charge in [0.1, 0.15) is 11.3 Å². The lowest BCUT2D eigenvalue weighted by Gasteiger charge is -2.14. The van der Waals surface area contributed by atoms with Crippen LogP contribution in [0.5, 0.6) is 5.75 Å². The Morgan fingerprint density at radius 2 is 2.03 bits per heavy atom. The van der Waals surface area contributed by atoms with Gasteiger partial charge in [0.15, 0.2) is 5.16 Å². The van der Waals surface area contributed by atoms with Crippen molar-refractivity contribution in [1.29, 1.82) is 0 Å². The lowest BCUT2D eigenvalue weighted by atomic mass is 10.0. The first kappa shape index (κ1) is 20.1. The van der Waals surface area contributed by atoms with Gasteiger partial charge >= 0.3 is 6.61 Å². The zero-order valence-corrected chi connectivity index (χ0v) is 16.5. The van der Waals surface area contributed by atoms with Gasteiger partial charge in [-0.1, -0.05) is 42.1 Å². The average molecular weight is 429 g/mol. The number of carbonyl (C=O) groups is 1. The largest absolute Gasteiger partial charge is 0.435 e. The summed E-state index contributed by atoms with van der Waals surface area (Å²) in [6.07, 6.45) is 1.61. The van der Waals surface area contributed by atoms with Crippen LogP contribution in [-0.4, -0.2) is 27.8 Å². The van der Waals surface area contributed by atoms with Crippen LogP contribution in [-0.2, 0) is 13.0 Å². The molecule has 154 valence electrons. The van der Waals surface area contributed by atoms with Crippen LogP contribution in [0.4, 0.5) is 14.5 Å². The highest BCUT2D eigenvalue weighted by atomic mass is 32.2. The van der Waals surface area contributed by atoms with Crippen LogP contribution in [0, 0.1) is 0 Å². The number of benzene rings is 2. The van der Waals surface area contributed by atoms with Crippen molar-refractivity contribution in [1.82, 2.24) is 9.55 Å². The van der Waals surface area contributed by atoms with Crippen molar-refractivity contribution in [2.24, 2.45) is 0 Å². The van der Waals surface area contributed by atoms with Crippen molar-refractivity contribution in [3.63, 3.8) is 0 Å². The van der Waals surface area contributed by atoms with Crippen LogP contribution in [0.25, 0.3) is 0 Å². The Hall–Kier alpha value is -3.20. The van der Waals surface area contributed by atoms with Gasteiger partial charge in [-0.15, -0.1) is 0 Å². The molecule has 1 aliphatic heterocycles. The van der Waals surface area contributed by atoms with E-state index >= 15 is 0 Å². The molecule has 0 unspecified atom stereocenters.